The van der Waals surface area contributed by atoms with Crippen LogP contribution in [-0.2, 0) is 18.3 Å². The van der Waals surface area contributed by atoms with Crippen LogP contribution < -0.4 is 0 Å². The highest BCUT2D eigenvalue weighted by molar-refractivity contribution is 14.1. The van der Waals surface area contributed by atoms with E-state index >= 15 is 0 Å². The zero-order valence-corrected chi connectivity index (χ0v) is 14.3. The predicted molar refractivity (Wildman–Crippen MR) is 90.7 cm³/mol. The molecule has 2 heteroatoms. The van der Waals surface area contributed by atoms with Crippen molar-refractivity contribution in [3.05, 3.63) is 66.7 Å². The first-order valence-corrected chi connectivity index (χ1v) is 8.65. The molecule has 0 heterocycles. The first-order valence-electron chi connectivity index (χ1n) is 6.78. The monoisotopic (exact) mass is 424 g/mol. The predicted octanol–water partition coefficient (Wildman–Crippen LogP) is 5.23. The second-order valence-electron chi connectivity index (χ2n) is 5.63. The minimum Gasteiger partial charge on any atom is -0.0620 e. The largest absolute Gasteiger partial charge is 0.0620 e. The molecular formula is C17H14BrI. The van der Waals surface area contributed by atoms with Crippen molar-refractivity contribution in [1.82, 2.24) is 0 Å². The summed E-state index contributed by atoms with van der Waals surface area (Å²) in [6, 6.07) is 13.6. The summed E-state index contributed by atoms with van der Waals surface area (Å²) in [6.45, 7) is 0. The van der Waals surface area contributed by atoms with E-state index in [-0.39, 0.29) is 0 Å². The molecule has 2 aliphatic rings. The maximum Gasteiger partial charge on any atom is 0.0316 e. The van der Waals surface area contributed by atoms with E-state index in [0.717, 1.165) is 0 Å². The van der Waals surface area contributed by atoms with Crippen molar-refractivity contribution in [2.45, 2.75) is 31.1 Å². The fourth-order valence-electron chi connectivity index (χ4n) is 4.00. The van der Waals surface area contributed by atoms with Gasteiger partial charge >= 0.3 is 0 Å². The molecule has 0 saturated heterocycles. The molecule has 2 aromatic carbocycles. The van der Waals surface area contributed by atoms with Crippen LogP contribution in [0.5, 0.6) is 0 Å². The Hall–Kier alpha value is -0.350. The fourth-order valence-corrected chi connectivity index (χ4v) is 5.37. The van der Waals surface area contributed by atoms with Crippen LogP contribution in [-0.4, -0.2) is 0 Å². The maximum atomic E-state index is 3.71. The van der Waals surface area contributed by atoms with E-state index in [2.05, 4.69) is 74.9 Å². The third-order valence-electron chi connectivity index (χ3n) is 4.83. The Morgan fingerprint density at radius 2 is 1.68 bits per heavy atom. The van der Waals surface area contributed by atoms with E-state index in [4.69, 9.17) is 0 Å². The van der Waals surface area contributed by atoms with Crippen LogP contribution in [0.2, 0.25) is 0 Å². The summed E-state index contributed by atoms with van der Waals surface area (Å²) in [5, 5.41) is 0. The minimum atomic E-state index is 0.298. The molecule has 0 aromatic heterocycles. The summed E-state index contributed by atoms with van der Waals surface area (Å²) in [7, 11) is 0. The van der Waals surface area contributed by atoms with Gasteiger partial charge in [-0.2, -0.15) is 0 Å². The molecule has 4 rings (SSSR count). The lowest BCUT2D eigenvalue weighted by Gasteiger charge is -2.28. The molecule has 2 aliphatic carbocycles. The molecule has 0 radical (unpaired) electrons. The van der Waals surface area contributed by atoms with Crippen molar-refractivity contribution in [3.63, 3.8) is 0 Å². The van der Waals surface area contributed by atoms with E-state index in [1.54, 1.807) is 22.3 Å². The van der Waals surface area contributed by atoms with Gasteiger partial charge in [0.15, 0.2) is 0 Å². The average molecular weight is 425 g/mol. The van der Waals surface area contributed by atoms with Gasteiger partial charge in [0, 0.05) is 13.5 Å². The highest BCUT2D eigenvalue weighted by Crippen LogP contribution is 2.54. The van der Waals surface area contributed by atoms with E-state index < -0.39 is 0 Å². The molecule has 1 spiro atoms. The Morgan fingerprint density at radius 1 is 0.947 bits per heavy atom. The van der Waals surface area contributed by atoms with E-state index in [1.807, 2.05) is 0 Å². The van der Waals surface area contributed by atoms with Gasteiger partial charge in [-0.15, -0.1) is 0 Å². The van der Waals surface area contributed by atoms with Crippen molar-refractivity contribution in [2.24, 2.45) is 0 Å². The van der Waals surface area contributed by atoms with Crippen LogP contribution in [0.1, 0.15) is 35.1 Å². The maximum absolute atomic E-state index is 3.71. The van der Waals surface area contributed by atoms with Gasteiger partial charge in [0.05, 0.1) is 0 Å². The number of rotatable bonds is 0. The second-order valence-corrected chi connectivity index (χ2v) is 7.57. The van der Waals surface area contributed by atoms with E-state index in [1.165, 1.54) is 33.7 Å². The molecule has 96 valence electrons. The summed E-state index contributed by atoms with van der Waals surface area (Å²) in [5.74, 6) is 0. The SMILES string of the molecule is Brc1ccc2c(c1I)[C@@]1(CCc3ccccc31)CC2. The van der Waals surface area contributed by atoms with Crippen LogP contribution in [0, 0.1) is 3.57 Å². The Balaban J connectivity index is 2.01. The third kappa shape index (κ3) is 1.62. The molecule has 0 nitrogen and oxygen atoms in total. The molecule has 0 unspecified atom stereocenters. The summed E-state index contributed by atoms with van der Waals surface area (Å²) in [6.07, 6.45) is 5.03. The molecular weight excluding hydrogens is 411 g/mol. The summed E-state index contributed by atoms with van der Waals surface area (Å²) < 4.78 is 2.67. The molecule has 0 aliphatic heterocycles. The number of fused-ring (bicyclic) bond motifs is 4. The van der Waals surface area contributed by atoms with Gasteiger partial charge < -0.3 is 0 Å². The van der Waals surface area contributed by atoms with Crippen LogP contribution in [0.15, 0.2) is 40.9 Å². The minimum absolute atomic E-state index is 0.298. The molecule has 0 bridgehead atoms. The zero-order valence-electron chi connectivity index (χ0n) is 10.5. The van der Waals surface area contributed by atoms with Gasteiger partial charge in [-0.25, -0.2) is 0 Å². The smallest absolute Gasteiger partial charge is 0.0316 e. The molecule has 2 aromatic rings. The van der Waals surface area contributed by atoms with Crippen LogP contribution in [0.4, 0.5) is 0 Å². The Morgan fingerprint density at radius 3 is 2.53 bits per heavy atom. The Labute approximate surface area is 135 Å². The van der Waals surface area contributed by atoms with Crippen molar-refractivity contribution in [3.8, 4) is 0 Å². The molecule has 19 heavy (non-hydrogen) atoms. The highest BCUT2D eigenvalue weighted by Gasteiger charge is 2.45. The average Bonchev–Trinajstić information content (AvgIpc) is 2.99. The topological polar surface area (TPSA) is 0 Å². The number of benzene rings is 2. The molecule has 1 atom stereocenters. The van der Waals surface area contributed by atoms with Crippen molar-refractivity contribution < 1.29 is 0 Å². The lowest BCUT2D eigenvalue weighted by molar-refractivity contribution is 0.505. The standard InChI is InChI=1S/C17H14BrI/c18-14-6-5-12-8-10-17(15(12)16(14)19)9-7-11-3-1-2-4-13(11)17/h1-6H,7-10H2/t17-/m0/s1. The van der Waals surface area contributed by atoms with Gasteiger partial charge in [0.25, 0.3) is 0 Å². The van der Waals surface area contributed by atoms with Crippen LogP contribution in [0.25, 0.3) is 0 Å². The Kier molecular flexibility index (Phi) is 2.82. The third-order valence-corrected chi connectivity index (χ3v) is 7.36. The molecule has 0 amide bonds. The quantitative estimate of drug-likeness (QED) is 0.508. The zero-order chi connectivity index (χ0) is 13.0. The molecule has 0 N–H and O–H groups in total. The summed E-state index contributed by atoms with van der Waals surface area (Å²) in [5.41, 5.74) is 6.61. The van der Waals surface area contributed by atoms with Gasteiger partial charge in [-0.3, -0.25) is 0 Å². The molecule has 0 fully saturated rings. The van der Waals surface area contributed by atoms with Gasteiger partial charge in [0.1, 0.15) is 0 Å². The van der Waals surface area contributed by atoms with Gasteiger partial charge in [-0.05, 0) is 92.5 Å². The summed E-state index contributed by atoms with van der Waals surface area (Å²) >= 11 is 6.23. The summed E-state index contributed by atoms with van der Waals surface area (Å²) in [4.78, 5) is 0. The number of hydrogen-bond acceptors (Lipinski definition) is 0. The van der Waals surface area contributed by atoms with Crippen molar-refractivity contribution >= 4 is 38.5 Å². The van der Waals surface area contributed by atoms with E-state index in [0.29, 0.717) is 5.41 Å². The first-order chi connectivity index (χ1) is 9.22. The Bertz CT molecular complexity index is 673. The number of halogens is 2. The van der Waals surface area contributed by atoms with Crippen molar-refractivity contribution in [2.75, 3.05) is 0 Å². The second kappa shape index (κ2) is 4.32. The lowest BCUT2D eigenvalue weighted by atomic mass is 9.77. The lowest BCUT2D eigenvalue weighted by Crippen LogP contribution is -2.22. The number of hydrogen-bond donors (Lipinski definition) is 0. The van der Waals surface area contributed by atoms with Crippen LogP contribution in [0.3, 0.4) is 0 Å². The van der Waals surface area contributed by atoms with Crippen LogP contribution >= 0.6 is 38.5 Å². The number of aryl methyl sites for hydroxylation is 2. The van der Waals surface area contributed by atoms with Crippen molar-refractivity contribution in [1.29, 1.82) is 0 Å². The van der Waals surface area contributed by atoms with Gasteiger partial charge in [0.2, 0.25) is 0 Å². The molecule has 0 saturated carbocycles. The first kappa shape index (κ1) is 12.4. The fraction of sp³-hybridized carbons (Fsp3) is 0.294. The normalized spacial score (nSPS) is 23.7. The highest BCUT2D eigenvalue weighted by atomic mass is 127. The van der Waals surface area contributed by atoms with Gasteiger partial charge in [-0.1, -0.05) is 30.3 Å². The van der Waals surface area contributed by atoms with E-state index in [9.17, 15) is 0 Å².